The van der Waals surface area contributed by atoms with Gasteiger partial charge in [0.1, 0.15) is 0 Å². The van der Waals surface area contributed by atoms with E-state index in [2.05, 4.69) is 24.4 Å². The van der Waals surface area contributed by atoms with Crippen LogP contribution in [0.15, 0.2) is 54.6 Å². The van der Waals surface area contributed by atoms with Crippen molar-refractivity contribution in [3.63, 3.8) is 0 Å². The van der Waals surface area contributed by atoms with E-state index in [1.807, 2.05) is 24.3 Å². The normalized spacial score (nSPS) is 12.0. The van der Waals surface area contributed by atoms with Gasteiger partial charge < -0.3 is 15.2 Å². The molecule has 4 heteroatoms. The van der Waals surface area contributed by atoms with Gasteiger partial charge >= 0.3 is 5.97 Å². The zero-order valence-electron chi connectivity index (χ0n) is 13.4. The summed E-state index contributed by atoms with van der Waals surface area (Å²) in [5.41, 5.74) is 2.48. The summed E-state index contributed by atoms with van der Waals surface area (Å²) in [4.78, 5) is 10.9. The minimum atomic E-state index is -0.894. The van der Waals surface area contributed by atoms with E-state index >= 15 is 0 Å². The van der Waals surface area contributed by atoms with Crippen molar-refractivity contribution in [2.45, 2.75) is 32.5 Å². The summed E-state index contributed by atoms with van der Waals surface area (Å²) in [6, 6.07) is 17.4. The van der Waals surface area contributed by atoms with Gasteiger partial charge in [0.15, 0.2) is 0 Å². The first-order chi connectivity index (χ1) is 11.1. The highest BCUT2D eigenvalue weighted by Gasteiger charge is 2.05. The number of ether oxygens (including phenoxy) is 1. The molecule has 2 aromatic rings. The lowest BCUT2D eigenvalue weighted by Gasteiger charge is -2.14. The molecular formula is C19H23NO3. The van der Waals surface area contributed by atoms with Gasteiger partial charge in [0.25, 0.3) is 0 Å². The highest BCUT2D eigenvalue weighted by atomic mass is 16.5. The molecule has 0 aliphatic heterocycles. The Kier molecular flexibility index (Phi) is 6.78. The Morgan fingerprint density at radius 3 is 2.61 bits per heavy atom. The average Bonchev–Trinajstić information content (AvgIpc) is 2.58. The number of hydrogen-bond acceptors (Lipinski definition) is 3. The molecule has 0 spiro atoms. The molecule has 0 radical (unpaired) electrons. The number of carboxylic acid groups (broad SMARTS) is 1. The van der Waals surface area contributed by atoms with Gasteiger partial charge in [-0.1, -0.05) is 42.5 Å². The number of aromatic carboxylic acids is 1. The van der Waals surface area contributed by atoms with E-state index in [1.54, 1.807) is 18.2 Å². The Morgan fingerprint density at radius 1 is 1.13 bits per heavy atom. The van der Waals surface area contributed by atoms with Gasteiger partial charge in [-0.25, -0.2) is 4.79 Å². The second-order valence-corrected chi connectivity index (χ2v) is 5.61. The Hall–Kier alpha value is -2.17. The van der Waals surface area contributed by atoms with Crippen LogP contribution >= 0.6 is 0 Å². The topological polar surface area (TPSA) is 58.6 Å². The third-order valence-corrected chi connectivity index (χ3v) is 3.64. The van der Waals surface area contributed by atoms with Crippen LogP contribution in [0.5, 0.6) is 0 Å². The number of hydrogen-bond donors (Lipinski definition) is 2. The maximum absolute atomic E-state index is 10.9. The maximum atomic E-state index is 10.9. The highest BCUT2D eigenvalue weighted by Crippen LogP contribution is 2.06. The first kappa shape index (κ1) is 17.2. The minimum absolute atomic E-state index is 0.305. The van der Waals surface area contributed by atoms with E-state index in [1.165, 1.54) is 5.56 Å². The van der Waals surface area contributed by atoms with Gasteiger partial charge in [0, 0.05) is 19.2 Å². The third kappa shape index (κ3) is 6.22. The smallest absolute Gasteiger partial charge is 0.335 e. The van der Waals surface area contributed by atoms with E-state index in [4.69, 9.17) is 9.84 Å². The van der Waals surface area contributed by atoms with E-state index in [-0.39, 0.29) is 0 Å². The molecule has 122 valence electrons. The van der Waals surface area contributed by atoms with Gasteiger partial charge in [-0.05, 0) is 36.6 Å². The standard InChI is InChI=1S/C19H23NO3/c1-15(10-11-23-14-16-6-3-2-4-7-16)20-13-17-8-5-9-18(12-17)19(21)22/h2-9,12,15,20H,10-11,13-14H2,1H3,(H,21,22). The number of carbonyl (C=O) groups is 1. The Balaban J connectivity index is 1.66. The van der Waals surface area contributed by atoms with Crippen LogP contribution in [0, 0.1) is 0 Å². The van der Waals surface area contributed by atoms with Crippen molar-refractivity contribution in [1.82, 2.24) is 5.32 Å². The van der Waals surface area contributed by atoms with Crippen LogP contribution in [-0.2, 0) is 17.9 Å². The largest absolute Gasteiger partial charge is 0.478 e. The van der Waals surface area contributed by atoms with E-state index in [0.29, 0.717) is 31.4 Å². The average molecular weight is 313 g/mol. The Bertz CT molecular complexity index is 613. The molecule has 2 rings (SSSR count). The predicted octanol–water partition coefficient (Wildman–Crippen LogP) is 3.47. The second-order valence-electron chi connectivity index (χ2n) is 5.61. The van der Waals surface area contributed by atoms with E-state index in [9.17, 15) is 4.79 Å². The number of rotatable bonds is 9. The number of carboxylic acids is 1. The molecule has 4 nitrogen and oxygen atoms in total. The van der Waals surface area contributed by atoms with Crippen LogP contribution in [-0.4, -0.2) is 23.7 Å². The van der Waals surface area contributed by atoms with Gasteiger partial charge in [0.2, 0.25) is 0 Å². The lowest BCUT2D eigenvalue weighted by molar-refractivity contribution is 0.0696. The summed E-state index contributed by atoms with van der Waals surface area (Å²) in [6.07, 6.45) is 0.908. The zero-order chi connectivity index (χ0) is 16.5. The fraction of sp³-hybridized carbons (Fsp3) is 0.316. The molecule has 2 N–H and O–H groups in total. The summed E-state index contributed by atoms with van der Waals surface area (Å²) < 4.78 is 5.68. The number of benzene rings is 2. The number of nitrogens with one attached hydrogen (secondary N) is 1. The molecule has 0 aliphatic carbocycles. The van der Waals surface area contributed by atoms with Gasteiger partial charge in [-0.2, -0.15) is 0 Å². The van der Waals surface area contributed by atoms with Crippen LogP contribution in [0.1, 0.15) is 34.8 Å². The SMILES string of the molecule is CC(CCOCc1ccccc1)NCc1cccc(C(=O)O)c1. The van der Waals surface area contributed by atoms with E-state index < -0.39 is 5.97 Å². The van der Waals surface area contributed by atoms with Crippen molar-refractivity contribution in [1.29, 1.82) is 0 Å². The van der Waals surface area contributed by atoms with Crippen LogP contribution in [0.4, 0.5) is 0 Å². The van der Waals surface area contributed by atoms with Crippen LogP contribution in [0.3, 0.4) is 0 Å². The van der Waals surface area contributed by atoms with Crippen LogP contribution in [0.25, 0.3) is 0 Å². The summed E-state index contributed by atoms with van der Waals surface area (Å²) in [5, 5.41) is 12.4. The monoisotopic (exact) mass is 313 g/mol. The third-order valence-electron chi connectivity index (χ3n) is 3.64. The molecule has 0 fully saturated rings. The van der Waals surface area contributed by atoms with Crippen molar-refractivity contribution in [2.75, 3.05) is 6.61 Å². The van der Waals surface area contributed by atoms with Gasteiger partial charge in [-0.3, -0.25) is 0 Å². The van der Waals surface area contributed by atoms with E-state index in [0.717, 1.165) is 12.0 Å². The highest BCUT2D eigenvalue weighted by molar-refractivity contribution is 5.87. The molecule has 2 aromatic carbocycles. The molecule has 0 aromatic heterocycles. The zero-order valence-corrected chi connectivity index (χ0v) is 13.4. The van der Waals surface area contributed by atoms with Crippen molar-refractivity contribution in [3.8, 4) is 0 Å². The molecule has 0 saturated carbocycles. The molecule has 0 amide bonds. The quantitative estimate of drug-likeness (QED) is 0.696. The van der Waals surface area contributed by atoms with Gasteiger partial charge in [0.05, 0.1) is 12.2 Å². The van der Waals surface area contributed by atoms with Crippen LogP contribution < -0.4 is 5.32 Å². The summed E-state index contributed by atoms with van der Waals surface area (Å²) in [7, 11) is 0. The molecular weight excluding hydrogens is 290 g/mol. The Morgan fingerprint density at radius 2 is 1.87 bits per heavy atom. The lowest BCUT2D eigenvalue weighted by atomic mass is 10.1. The minimum Gasteiger partial charge on any atom is -0.478 e. The first-order valence-corrected chi connectivity index (χ1v) is 7.82. The predicted molar refractivity (Wildman–Crippen MR) is 90.4 cm³/mol. The summed E-state index contributed by atoms with van der Waals surface area (Å²) >= 11 is 0. The fourth-order valence-electron chi connectivity index (χ4n) is 2.23. The van der Waals surface area contributed by atoms with Gasteiger partial charge in [-0.15, -0.1) is 0 Å². The molecule has 23 heavy (non-hydrogen) atoms. The van der Waals surface area contributed by atoms with Crippen molar-refractivity contribution < 1.29 is 14.6 Å². The molecule has 0 saturated heterocycles. The van der Waals surface area contributed by atoms with Crippen LogP contribution in [0.2, 0.25) is 0 Å². The Labute approximate surface area is 137 Å². The fourth-order valence-corrected chi connectivity index (χ4v) is 2.23. The maximum Gasteiger partial charge on any atom is 0.335 e. The van der Waals surface area contributed by atoms with Crippen molar-refractivity contribution >= 4 is 5.97 Å². The van der Waals surface area contributed by atoms with Crippen molar-refractivity contribution in [2.24, 2.45) is 0 Å². The molecule has 0 aliphatic rings. The molecule has 1 atom stereocenters. The summed E-state index contributed by atoms with van der Waals surface area (Å²) in [5.74, 6) is -0.894. The van der Waals surface area contributed by atoms with Crippen molar-refractivity contribution in [3.05, 3.63) is 71.3 Å². The molecule has 0 heterocycles. The first-order valence-electron chi connectivity index (χ1n) is 7.82. The second kappa shape index (κ2) is 9.08. The lowest BCUT2D eigenvalue weighted by Crippen LogP contribution is -2.26. The summed E-state index contributed by atoms with van der Waals surface area (Å²) in [6.45, 7) is 4.08. The molecule has 1 unspecified atom stereocenters. The molecule has 0 bridgehead atoms.